The molecule has 0 aromatic carbocycles. The van der Waals surface area contributed by atoms with Crippen LogP contribution in [0.15, 0.2) is 122 Å². The van der Waals surface area contributed by atoms with Crippen molar-refractivity contribution >= 4 is 17.9 Å². The van der Waals surface area contributed by atoms with Gasteiger partial charge in [0.2, 0.25) is 0 Å². The lowest BCUT2D eigenvalue weighted by atomic mass is 10.0. The van der Waals surface area contributed by atoms with Crippen molar-refractivity contribution in [3.63, 3.8) is 0 Å². The van der Waals surface area contributed by atoms with Crippen LogP contribution >= 0.6 is 0 Å². The van der Waals surface area contributed by atoms with Crippen LogP contribution in [0.5, 0.6) is 0 Å². The third-order valence-electron chi connectivity index (χ3n) is 15.7. The summed E-state index contributed by atoms with van der Waals surface area (Å²) in [6.45, 7) is 4.66. The molecule has 0 aliphatic carbocycles. The summed E-state index contributed by atoms with van der Waals surface area (Å²) in [5, 5.41) is 11.8. The highest BCUT2D eigenvalue weighted by Gasteiger charge is 2.22. The van der Waals surface area contributed by atoms with Gasteiger partial charge >= 0.3 is 11.9 Å². The number of hydrogen-bond donors (Lipinski definition) is 0. The van der Waals surface area contributed by atoms with E-state index >= 15 is 0 Å². The van der Waals surface area contributed by atoms with E-state index in [0.717, 1.165) is 109 Å². The van der Waals surface area contributed by atoms with Gasteiger partial charge in [0.15, 0.2) is 12.4 Å². The average Bonchev–Trinajstić information content (AvgIpc) is 3.64. The second-order valence-electron chi connectivity index (χ2n) is 25.5. The molecule has 89 heavy (non-hydrogen) atoms. The van der Waals surface area contributed by atoms with Gasteiger partial charge in [0.25, 0.3) is 0 Å². The van der Waals surface area contributed by atoms with Crippen LogP contribution in [0, 0.1) is 0 Å². The average molecular weight is 1240 g/mol. The zero-order valence-corrected chi connectivity index (χ0v) is 58.3. The molecule has 2 unspecified atom stereocenters. The summed E-state index contributed by atoms with van der Waals surface area (Å²) in [6.07, 6.45) is 95.7. The maximum Gasteiger partial charge on any atom is 0.306 e. The van der Waals surface area contributed by atoms with Gasteiger partial charge in [0.1, 0.15) is 13.2 Å². The number of nitrogens with zero attached hydrogens (tertiary/aromatic N) is 1. The van der Waals surface area contributed by atoms with Crippen molar-refractivity contribution in [1.29, 1.82) is 0 Å². The van der Waals surface area contributed by atoms with Crippen LogP contribution < -0.4 is 5.11 Å². The maximum atomic E-state index is 12.9. The number of carboxylic acid groups (broad SMARTS) is 1. The molecule has 0 aromatic heterocycles. The van der Waals surface area contributed by atoms with E-state index in [9.17, 15) is 19.5 Å². The first-order valence-corrected chi connectivity index (χ1v) is 36.7. The Kier molecular flexibility index (Phi) is 66.2. The molecule has 0 radical (unpaired) electrons. The first kappa shape index (κ1) is 84.7. The van der Waals surface area contributed by atoms with Gasteiger partial charge < -0.3 is 33.3 Å². The normalized spacial score (nSPS) is 13.4. The third kappa shape index (κ3) is 71.0. The van der Waals surface area contributed by atoms with E-state index in [1.807, 2.05) is 21.1 Å². The Morgan fingerprint density at radius 2 is 0.640 bits per heavy atom. The number of hydrogen-bond acceptors (Lipinski definition) is 8. The highest BCUT2D eigenvalue weighted by atomic mass is 16.7. The zero-order valence-electron chi connectivity index (χ0n) is 58.3. The van der Waals surface area contributed by atoms with Gasteiger partial charge in [-0.25, -0.2) is 0 Å². The summed E-state index contributed by atoms with van der Waals surface area (Å²) in [5.74, 6) is -2.29. The fraction of sp³-hybridized carbons (Fsp3) is 0.713. The molecule has 2 atom stereocenters. The molecular weight excluding hydrogens is 1100 g/mol. The van der Waals surface area contributed by atoms with E-state index in [2.05, 4.69) is 135 Å². The Bertz CT molecular complexity index is 1880. The molecule has 9 heteroatoms. The fourth-order valence-corrected chi connectivity index (χ4v) is 10.2. The SMILES string of the molecule is CC/C=C\C/C=C\C/C=C\C/C=C\C/C=C\C/C=C\C/C=C\C/C=C\C/C=C\C/C=C\CCCCCCCCCCC(=O)OC(COC(=O)CCCCCCCCCCCCCCCCCCCCCCCCCCC)COC(OCC[N+](C)(C)C)C(=O)[O-]. The molecule has 510 valence electrons. The van der Waals surface area contributed by atoms with Gasteiger partial charge in [-0.2, -0.15) is 0 Å². The van der Waals surface area contributed by atoms with Crippen molar-refractivity contribution in [1.82, 2.24) is 0 Å². The number of ether oxygens (including phenoxy) is 4. The second kappa shape index (κ2) is 69.6. The smallest absolute Gasteiger partial charge is 0.306 e. The lowest BCUT2D eigenvalue weighted by molar-refractivity contribution is -0.870. The van der Waals surface area contributed by atoms with Gasteiger partial charge in [0, 0.05) is 12.8 Å². The summed E-state index contributed by atoms with van der Waals surface area (Å²) >= 11 is 0. The standard InChI is InChI=1S/C80H137NO8/c1-6-8-10-12-14-16-18-20-22-24-26-28-30-32-33-34-35-36-37-38-39-40-41-42-43-44-45-47-49-51-53-55-57-59-61-63-65-67-69-71-78(83)89-76(75-88-80(79(84)85)86-73-72-81(3,4)5)74-87-77(82)70-68-66-64-62-60-58-56-54-52-50-48-46-31-29-27-25-23-21-19-17-15-13-11-9-7-2/h8,10,14,16,20,22,26,28,32-33,35-36,38-39,41-42,44-45,49,51,76,80H,6-7,9,11-13,15,17-19,21,23-25,27,29-31,34,37,40,43,46-48,50,52-75H2,1-5H3/b10-8-,16-14-,22-20-,28-26-,33-32-,36-35-,39-38-,42-41-,45-44-,51-49-. The lowest BCUT2D eigenvalue weighted by Gasteiger charge is -2.26. The van der Waals surface area contributed by atoms with Gasteiger partial charge in [0.05, 0.1) is 40.3 Å². The molecule has 0 amide bonds. The van der Waals surface area contributed by atoms with Crippen LogP contribution in [0.4, 0.5) is 0 Å². The molecule has 0 spiro atoms. The van der Waals surface area contributed by atoms with Gasteiger partial charge in [-0.15, -0.1) is 0 Å². The minimum absolute atomic E-state index is 0.142. The molecule has 0 rings (SSSR count). The summed E-state index contributed by atoms with van der Waals surface area (Å²) in [6, 6.07) is 0. The van der Waals surface area contributed by atoms with Gasteiger partial charge in [-0.3, -0.25) is 9.59 Å². The second-order valence-corrected chi connectivity index (χ2v) is 25.5. The molecule has 0 aliphatic rings. The minimum Gasteiger partial charge on any atom is -0.545 e. The summed E-state index contributed by atoms with van der Waals surface area (Å²) in [4.78, 5) is 37.5. The first-order chi connectivity index (χ1) is 43.6. The number of carbonyl (C=O) groups excluding carboxylic acids is 3. The molecular formula is C80H137NO8. The Morgan fingerprint density at radius 3 is 0.955 bits per heavy atom. The van der Waals surface area contributed by atoms with E-state index in [1.165, 1.54) is 167 Å². The molecule has 0 N–H and O–H groups in total. The number of likely N-dealkylation sites (N-methyl/N-ethyl adjacent to an activating group) is 1. The highest BCUT2D eigenvalue weighted by Crippen LogP contribution is 2.18. The van der Waals surface area contributed by atoms with Gasteiger partial charge in [-0.1, -0.05) is 328 Å². The Labute approximate surface area is 548 Å². The molecule has 0 fully saturated rings. The summed E-state index contributed by atoms with van der Waals surface area (Å²) in [5.41, 5.74) is 0. The topological polar surface area (TPSA) is 111 Å². The van der Waals surface area contributed by atoms with Crippen LogP contribution in [-0.4, -0.2) is 82.3 Å². The quantitative estimate of drug-likeness (QED) is 0.0195. The van der Waals surface area contributed by atoms with Gasteiger partial charge in [-0.05, 0) is 89.9 Å². The van der Waals surface area contributed by atoms with E-state index in [0.29, 0.717) is 17.4 Å². The molecule has 0 saturated carbocycles. The number of quaternary nitrogens is 1. The number of unbranched alkanes of at least 4 members (excludes halogenated alkanes) is 32. The zero-order chi connectivity index (χ0) is 64.7. The fourth-order valence-electron chi connectivity index (χ4n) is 10.2. The van der Waals surface area contributed by atoms with Crippen molar-refractivity contribution in [3.8, 4) is 0 Å². The predicted molar refractivity (Wildman–Crippen MR) is 380 cm³/mol. The Hall–Kier alpha value is -4.31. The van der Waals surface area contributed by atoms with E-state index in [-0.39, 0.29) is 38.6 Å². The van der Waals surface area contributed by atoms with Crippen LogP contribution in [0.2, 0.25) is 0 Å². The van der Waals surface area contributed by atoms with Crippen molar-refractivity contribution in [3.05, 3.63) is 122 Å². The van der Waals surface area contributed by atoms with Crippen LogP contribution in [0.3, 0.4) is 0 Å². The number of rotatable bonds is 67. The van der Waals surface area contributed by atoms with Crippen LogP contribution in [-0.2, 0) is 33.3 Å². The minimum atomic E-state index is -1.63. The molecule has 9 nitrogen and oxygen atoms in total. The van der Waals surface area contributed by atoms with Crippen LogP contribution in [0.25, 0.3) is 0 Å². The lowest BCUT2D eigenvalue weighted by Crippen LogP contribution is -2.44. The van der Waals surface area contributed by atoms with Crippen molar-refractivity contribution in [2.24, 2.45) is 0 Å². The van der Waals surface area contributed by atoms with Crippen molar-refractivity contribution < 1.29 is 42.9 Å². The van der Waals surface area contributed by atoms with Crippen molar-refractivity contribution in [2.75, 3.05) is 47.5 Å². The number of esters is 2. The predicted octanol–water partition coefficient (Wildman–Crippen LogP) is 21.8. The third-order valence-corrected chi connectivity index (χ3v) is 15.7. The monoisotopic (exact) mass is 1240 g/mol. The van der Waals surface area contributed by atoms with E-state index in [4.69, 9.17) is 18.9 Å². The molecule has 0 saturated heterocycles. The molecule has 0 bridgehead atoms. The summed E-state index contributed by atoms with van der Waals surface area (Å²) in [7, 11) is 5.93. The Balaban J connectivity index is 4.15. The molecule has 0 heterocycles. The highest BCUT2D eigenvalue weighted by molar-refractivity contribution is 5.70. The van der Waals surface area contributed by atoms with E-state index < -0.39 is 24.3 Å². The number of carbonyl (C=O) groups is 3. The van der Waals surface area contributed by atoms with Crippen molar-refractivity contribution in [2.45, 2.75) is 322 Å². The molecule has 0 aliphatic heterocycles. The number of aliphatic carboxylic acids is 1. The van der Waals surface area contributed by atoms with Crippen LogP contribution in [0.1, 0.15) is 309 Å². The first-order valence-electron chi connectivity index (χ1n) is 36.7. The molecule has 0 aromatic rings. The maximum absolute atomic E-state index is 12.9. The summed E-state index contributed by atoms with van der Waals surface area (Å²) < 4.78 is 22.8. The Morgan fingerprint density at radius 1 is 0.348 bits per heavy atom. The largest absolute Gasteiger partial charge is 0.545 e. The number of carboxylic acids is 1. The van der Waals surface area contributed by atoms with E-state index in [1.54, 1.807) is 0 Å². The number of allylic oxidation sites excluding steroid dienone is 20.